The van der Waals surface area contributed by atoms with Crippen molar-refractivity contribution < 1.29 is 28.7 Å². The van der Waals surface area contributed by atoms with Crippen LogP contribution in [0.3, 0.4) is 0 Å². The van der Waals surface area contributed by atoms with Crippen molar-refractivity contribution in [2.24, 2.45) is 5.92 Å². The normalized spacial score (nSPS) is 30.3. The van der Waals surface area contributed by atoms with Crippen LogP contribution in [0.15, 0.2) is 12.2 Å². The third-order valence-electron chi connectivity index (χ3n) is 4.76. The summed E-state index contributed by atoms with van der Waals surface area (Å²) in [5.74, 6) is -2.01. The van der Waals surface area contributed by atoms with E-state index in [9.17, 15) is 24.0 Å². The van der Waals surface area contributed by atoms with Gasteiger partial charge in [0.1, 0.15) is 30.8 Å². The molecular weight excluding hydrogens is 456 g/mol. The van der Waals surface area contributed by atoms with Crippen LogP contribution in [-0.2, 0) is 28.7 Å². The molecule has 1 fully saturated rings. The molecule has 10 nitrogen and oxygen atoms in total. The SMILES string of the molecule is CC(C)[C@H]1NC(=O)CC2/C=C/CCSSCC(NC1=O)C(=O)N[C@H](C)C(=O)NCC(=O)O2. The summed E-state index contributed by atoms with van der Waals surface area (Å²) in [4.78, 5) is 62.9. The molecule has 0 radical (unpaired) electrons. The second-order valence-corrected chi connectivity index (χ2v) is 10.5. The van der Waals surface area contributed by atoms with Crippen LogP contribution in [0.5, 0.6) is 0 Å². The van der Waals surface area contributed by atoms with E-state index in [-0.39, 0.29) is 18.1 Å². The lowest BCUT2D eigenvalue weighted by Crippen LogP contribution is -2.58. The largest absolute Gasteiger partial charge is 0.456 e. The van der Waals surface area contributed by atoms with Crippen molar-refractivity contribution in [3.05, 3.63) is 12.2 Å². The predicted octanol–water partition coefficient (Wildman–Crippen LogP) is -0.110. The van der Waals surface area contributed by atoms with E-state index in [1.54, 1.807) is 19.9 Å². The Bertz CT molecular complexity index is 760. The molecule has 2 heterocycles. The van der Waals surface area contributed by atoms with Crippen LogP contribution in [0.4, 0.5) is 0 Å². The van der Waals surface area contributed by atoms with Crippen LogP contribution in [0.25, 0.3) is 0 Å². The van der Waals surface area contributed by atoms with Crippen molar-refractivity contribution in [3.8, 4) is 0 Å². The summed E-state index contributed by atoms with van der Waals surface area (Å²) in [7, 11) is 2.96. The van der Waals surface area contributed by atoms with Crippen molar-refractivity contribution in [1.82, 2.24) is 21.3 Å². The first-order chi connectivity index (χ1) is 15.2. The zero-order chi connectivity index (χ0) is 23.7. The fraction of sp³-hybridized carbons (Fsp3) is 0.650. The molecule has 1 saturated heterocycles. The van der Waals surface area contributed by atoms with Crippen LogP contribution in [0, 0.1) is 5.92 Å². The standard InChI is InChI=1S/C20H30N4O6S2/c1-11(2)17-20(29)23-14-10-32-31-7-5-4-6-13(8-15(25)24-17)30-16(26)9-21-18(27)12(3)22-19(14)28/h4,6,11-14,17H,5,7-10H2,1-3H3,(H,21,27)(H,22,28)(H,23,29)(H,24,25)/b6-4+/t12-,13?,14?,17-/m1/s1. The third kappa shape index (κ3) is 8.38. The number of ether oxygens (including phenoxy) is 1. The van der Waals surface area contributed by atoms with Gasteiger partial charge in [-0.25, -0.2) is 0 Å². The zero-order valence-corrected chi connectivity index (χ0v) is 20.0. The van der Waals surface area contributed by atoms with E-state index in [0.717, 1.165) is 5.75 Å². The molecular formula is C20H30N4O6S2. The van der Waals surface area contributed by atoms with Gasteiger partial charge in [-0.1, -0.05) is 41.5 Å². The monoisotopic (exact) mass is 486 g/mol. The second-order valence-electron chi connectivity index (χ2n) is 7.85. The fourth-order valence-electron chi connectivity index (χ4n) is 2.99. The van der Waals surface area contributed by atoms with Gasteiger partial charge in [0.25, 0.3) is 0 Å². The van der Waals surface area contributed by atoms with Crippen LogP contribution in [0.2, 0.25) is 0 Å². The molecule has 0 aromatic heterocycles. The van der Waals surface area contributed by atoms with Crippen molar-refractivity contribution in [1.29, 1.82) is 0 Å². The molecule has 0 aromatic carbocycles. The summed E-state index contributed by atoms with van der Waals surface area (Å²) in [5.41, 5.74) is 0. The summed E-state index contributed by atoms with van der Waals surface area (Å²) in [6.45, 7) is 4.64. The number of carbonyl (C=O) groups excluding carboxylic acids is 5. The summed E-state index contributed by atoms with van der Waals surface area (Å²) < 4.78 is 5.36. The maximum atomic E-state index is 12.9. The van der Waals surface area contributed by atoms with Crippen LogP contribution in [-0.4, -0.2) is 71.9 Å². The van der Waals surface area contributed by atoms with Gasteiger partial charge < -0.3 is 26.0 Å². The van der Waals surface area contributed by atoms with E-state index >= 15 is 0 Å². The topological polar surface area (TPSA) is 143 Å². The zero-order valence-electron chi connectivity index (χ0n) is 18.3. The first-order valence-electron chi connectivity index (χ1n) is 10.5. The smallest absolute Gasteiger partial charge is 0.326 e. The number of fused-ring (bicyclic) bond motifs is 7. The number of hydrogen-bond acceptors (Lipinski definition) is 8. The molecule has 2 aliphatic rings. The number of hydrogen-bond donors (Lipinski definition) is 4. The first kappa shape index (κ1) is 26.0. The van der Waals surface area contributed by atoms with E-state index in [1.807, 2.05) is 6.08 Å². The second kappa shape index (κ2) is 12.7. The van der Waals surface area contributed by atoms with Crippen LogP contribution >= 0.6 is 21.6 Å². The molecule has 32 heavy (non-hydrogen) atoms. The Morgan fingerprint density at radius 1 is 1.00 bits per heavy atom. The van der Waals surface area contributed by atoms with E-state index in [0.29, 0.717) is 6.42 Å². The first-order valence-corrected chi connectivity index (χ1v) is 12.9. The van der Waals surface area contributed by atoms with Crippen molar-refractivity contribution >= 4 is 51.2 Å². The lowest BCUT2D eigenvalue weighted by atomic mass is 10.0. The highest BCUT2D eigenvalue weighted by atomic mass is 33.1. The molecule has 2 aliphatic heterocycles. The molecule has 0 spiro atoms. The fourth-order valence-corrected chi connectivity index (χ4v) is 5.14. The lowest BCUT2D eigenvalue weighted by Gasteiger charge is -2.26. The molecule has 2 unspecified atom stereocenters. The minimum Gasteiger partial charge on any atom is -0.456 e. The Hall–Kier alpha value is -2.21. The predicted molar refractivity (Wildman–Crippen MR) is 122 cm³/mol. The average Bonchev–Trinajstić information content (AvgIpc) is 2.72. The lowest BCUT2D eigenvalue weighted by molar-refractivity contribution is -0.148. The van der Waals surface area contributed by atoms with Crippen LogP contribution in [0.1, 0.15) is 33.6 Å². The quantitative estimate of drug-likeness (QED) is 0.228. The van der Waals surface area contributed by atoms with Crippen molar-refractivity contribution in [2.75, 3.05) is 18.1 Å². The maximum Gasteiger partial charge on any atom is 0.326 e. The molecule has 12 heteroatoms. The number of nitrogens with one attached hydrogen (secondary N) is 4. The highest BCUT2D eigenvalue weighted by molar-refractivity contribution is 8.76. The van der Waals surface area contributed by atoms with Gasteiger partial charge in [0, 0.05) is 11.5 Å². The van der Waals surface area contributed by atoms with E-state index in [4.69, 9.17) is 4.74 Å². The van der Waals surface area contributed by atoms with Gasteiger partial charge in [-0.3, -0.25) is 24.0 Å². The Morgan fingerprint density at radius 2 is 1.75 bits per heavy atom. The molecule has 2 rings (SSSR count). The number of carbonyl (C=O) groups is 5. The third-order valence-corrected chi connectivity index (χ3v) is 7.21. The van der Waals surface area contributed by atoms with Crippen molar-refractivity contribution in [3.63, 3.8) is 0 Å². The minimum atomic E-state index is -0.924. The van der Waals surface area contributed by atoms with Gasteiger partial charge in [-0.15, -0.1) is 0 Å². The molecule has 0 aromatic rings. The van der Waals surface area contributed by atoms with E-state index < -0.39 is 60.4 Å². The van der Waals surface area contributed by atoms with Gasteiger partial charge in [-0.2, -0.15) is 0 Å². The van der Waals surface area contributed by atoms with E-state index in [2.05, 4.69) is 21.3 Å². The Balaban J connectivity index is 2.40. The molecule has 0 saturated carbocycles. The number of rotatable bonds is 1. The number of amides is 4. The molecule has 0 aliphatic carbocycles. The van der Waals surface area contributed by atoms with Gasteiger partial charge in [0.05, 0.1) is 6.42 Å². The number of esters is 1. The Morgan fingerprint density at radius 3 is 2.47 bits per heavy atom. The molecule has 2 bridgehead atoms. The molecule has 4 atom stereocenters. The van der Waals surface area contributed by atoms with Gasteiger partial charge >= 0.3 is 5.97 Å². The maximum absolute atomic E-state index is 12.9. The summed E-state index contributed by atoms with van der Waals surface area (Å²) in [5, 5.41) is 10.4. The average molecular weight is 487 g/mol. The highest BCUT2D eigenvalue weighted by Crippen LogP contribution is 2.23. The summed E-state index contributed by atoms with van der Waals surface area (Å²) in [6, 6.07) is -2.71. The van der Waals surface area contributed by atoms with Gasteiger partial charge in [0.15, 0.2) is 0 Å². The summed E-state index contributed by atoms with van der Waals surface area (Å²) >= 11 is 0. The summed E-state index contributed by atoms with van der Waals surface area (Å²) in [6.07, 6.45) is 3.12. The molecule has 4 amide bonds. The number of allylic oxidation sites excluding steroid dienone is 1. The minimum absolute atomic E-state index is 0.172. The molecule has 178 valence electrons. The van der Waals surface area contributed by atoms with E-state index in [1.165, 1.54) is 28.5 Å². The van der Waals surface area contributed by atoms with Gasteiger partial charge in [0.2, 0.25) is 23.6 Å². The van der Waals surface area contributed by atoms with Crippen LogP contribution < -0.4 is 21.3 Å². The highest BCUT2D eigenvalue weighted by Gasteiger charge is 2.31. The van der Waals surface area contributed by atoms with Crippen molar-refractivity contribution in [2.45, 2.75) is 57.8 Å². The Labute approximate surface area is 195 Å². The molecule has 4 N–H and O–H groups in total. The van der Waals surface area contributed by atoms with Gasteiger partial charge in [-0.05, 0) is 25.3 Å². The Kier molecular flexibility index (Phi) is 10.4.